The largest absolute Gasteiger partial charge is 0.489 e. The van der Waals surface area contributed by atoms with Gasteiger partial charge in [-0.25, -0.2) is 0 Å². The van der Waals surface area contributed by atoms with Gasteiger partial charge in [0.1, 0.15) is 36.4 Å². The second kappa shape index (κ2) is 13.4. The van der Waals surface area contributed by atoms with Gasteiger partial charge in [-0.1, -0.05) is 76.1 Å². The van der Waals surface area contributed by atoms with Crippen LogP contribution >= 0.6 is 27.5 Å². The zero-order valence-corrected chi connectivity index (χ0v) is 25.1. The number of rotatable bonds is 9. The Hall–Kier alpha value is -4.57. The number of aryl methyl sites for hydroxylation is 1. The normalized spacial score (nSPS) is 11.1. The van der Waals surface area contributed by atoms with E-state index in [0.717, 1.165) is 31.9 Å². The third kappa shape index (κ3) is 7.19. The van der Waals surface area contributed by atoms with E-state index in [1.165, 1.54) is 6.08 Å². The van der Waals surface area contributed by atoms with Gasteiger partial charge in [-0.05, 0) is 89.5 Å². The Labute approximate surface area is 258 Å². The smallest absolute Gasteiger partial charge is 0.266 e. The van der Waals surface area contributed by atoms with Crippen LogP contribution in [0.3, 0.4) is 0 Å². The summed E-state index contributed by atoms with van der Waals surface area (Å²) in [6, 6.07) is 34.3. The topological polar surface area (TPSA) is 71.3 Å². The van der Waals surface area contributed by atoms with Crippen molar-refractivity contribution in [3.8, 4) is 17.6 Å². The molecule has 0 saturated carbocycles. The number of nitriles is 1. The minimum Gasteiger partial charge on any atom is -0.489 e. The molecule has 0 unspecified atom stereocenters. The van der Waals surface area contributed by atoms with Crippen molar-refractivity contribution in [2.75, 3.05) is 5.32 Å². The lowest BCUT2D eigenvalue weighted by atomic mass is 10.0. The fourth-order valence-electron chi connectivity index (χ4n) is 4.43. The molecule has 0 aliphatic rings. The summed E-state index contributed by atoms with van der Waals surface area (Å²) in [5.41, 5.74) is 4.20. The second-order valence-corrected chi connectivity index (χ2v) is 11.0. The first-order chi connectivity index (χ1) is 20.4. The fraction of sp³-hybridized carbons (Fsp3) is 0.0857. The molecule has 0 heterocycles. The maximum absolute atomic E-state index is 13.0. The number of halogens is 2. The van der Waals surface area contributed by atoms with E-state index in [-0.39, 0.29) is 5.57 Å². The third-order valence-corrected chi connectivity index (χ3v) is 7.48. The quantitative estimate of drug-likeness (QED) is 0.129. The van der Waals surface area contributed by atoms with E-state index in [0.29, 0.717) is 41.0 Å². The molecule has 0 aliphatic heterocycles. The molecule has 5 aromatic rings. The average molecular weight is 638 g/mol. The number of fused-ring (bicyclic) bond motifs is 1. The third-order valence-electron chi connectivity index (χ3n) is 6.71. The number of amides is 1. The molecule has 0 spiro atoms. The van der Waals surface area contributed by atoms with Crippen LogP contribution in [0.4, 0.5) is 5.69 Å². The summed E-state index contributed by atoms with van der Waals surface area (Å²) in [4.78, 5) is 13.0. The van der Waals surface area contributed by atoms with Crippen molar-refractivity contribution >= 4 is 56.0 Å². The number of nitrogens with one attached hydrogen (secondary N) is 1. The summed E-state index contributed by atoms with van der Waals surface area (Å²) >= 11 is 9.70. The zero-order chi connectivity index (χ0) is 29.5. The van der Waals surface area contributed by atoms with Gasteiger partial charge in [-0.15, -0.1) is 0 Å². The summed E-state index contributed by atoms with van der Waals surface area (Å²) in [6.45, 7) is 2.79. The van der Waals surface area contributed by atoms with Crippen LogP contribution in [-0.2, 0) is 18.0 Å². The first-order valence-electron chi connectivity index (χ1n) is 13.2. The molecule has 0 radical (unpaired) electrons. The van der Waals surface area contributed by atoms with Crippen molar-refractivity contribution in [3.05, 3.63) is 140 Å². The van der Waals surface area contributed by atoms with Crippen LogP contribution in [0.1, 0.15) is 22.3 Å². The van der Waals surface area contributed by atoms with Gasteiger partial charge in [0.2, 0.25) is 0 Å². The van der Waals surface area contributed by atoms with E-state index < -0.39 is 5.91 Å². The van der Waals surface area contributed by atoms with Crippen molar-refractivity contribution in [1.29, 1.82) is 5.26 Å². The lowest BCUT2D eigenvalue weighted by Gasteiger charge is -2.14. The van der Waals surface area contributed by atoms with Crippen molar-refractivity contribution in [2.45, 2.75) is 20.1 Å². The maximum Gasteiger partial charge on any atom is 0.266 e. The van der Waals surface area contributed by atoms with Crippen molar-refractivity contribution in [2.24, 2.45) is 0 Å². The predicted molar refractivity (Wildman–Crippen MR) is 172 cm³/mol. The summed E-state index contributed by atoms with van der Waals surface area (Å²) in [7, 11) is 0. The molecule has 42 heavy (non-hydrogen) atoms. The molecule has 5 nitrogen and oxygen atoms in total. The zero-order valence-electron chi connectivity index (χ0n) is 22.7. The first-order valence-corrected chi connectivity index (χ1v) is 14.4. The maximum atomic E-state index is 13.0. The Balaban J connectivity index is 1.28. The number of nitrogens with zero attached hydrogens (tertiary/aromatic N) is 1. The second-order valence-electron chi connectivity index (χ2n) is 9.62. The van der Waals surface area contributed by atoms with Gasteiger partial charge in [0.05, 0.1) is 0 Å². The molecule has 0 atom stereocenters. The summed E-state index contributed by atoms with van der Waals surface area (Å²) < 4.78 is 13.1. The van der Waals surface area contributed by atoms with Gasteiger partial charge in [-0.2, -0.15) is 5.26 Å². The molecule has 5 aromatic carbocycles. The Bertz CT molecular complexity index is 1810. The highest BCUT2D eigenvalue weighted by atomic mass is 79.9. The van der Waals surface area contributed by atoms with Crippen LogP contribution < -0.4 is 14.8 Å². The number of hydrogen-bond donors (Lipinski definition) is 1. The molecule has 1 N–H and O–H groups in total. The molecule has 0 aliphatic carbocycles. The van der Waals surface area contributed by atoms with E-state index in [9.17, 15) is 10.1 Å². The number of benzene rings is 5. The number of anilines is 1. The number of hydrogen-bond acceptors (Lipinski definition) is 4. The Morgan fingerprint density at radius 1 is 0.929 bits per heavy atom. The highest BCUT2D eigenvalue weighted by Gasteiger charge is 2.13. The van der Waals surface area contributed by atoms with Gasteiger partial charge in [0.25, 0.3) is 5.91 Å². The Kier molecular flexibility index (Phi) is 9.23. The van der Waals surface area contributed by atoms with Gasteiger partial charge < -0.3 is 14.8 Å². The van der Waals surface area contributed by atoms with Crippen LogP contribution in [0, 0.1) is 18.3 Å². The average Bonchev–Trinajstić information content (AvgIpc) is 3.00. The molecular formula is C35H26BrClN2O3. The molecule has 1 amide bonds. The fourth-order valence-corrected chi connectivity index (χ4v) is 4.88. The molecule has 208 valence electrons. The minimum absolute atomic E-state index is 0.0842. The molecular weight excluding hydrogens is 612 g/mol. The lowest BCUT2D eigenvalue weighted by molar-refractivity contribution is -0.112. The highest BCUT2D eigenvalue weighted by Crippen LogP contribution is 2.29. The summed E-state index contributed by atoms with van der Waals surface area (Å²) in [5, 5.41) is 15.3. The van der Waals surface area contributed by atoms with Gasteiger partial charge in [0, 0.05) is 26.3 Å². The Morgan fingerprint density at radius 3 is 2.45 bits per heavy atom. The van der Waals surface area contributed by atoms with Crippen molar-refractivity contribution in [1.82, 2.24) is 0 Å². The van der Waals surface area contributed by atoms with E-state index >= 15 is 0 Å². The van der Waals surface area contributed by atoms with Gasteiger partial charge in [0.15, 0.2) is 0 Å². The van der Waals surface area contributed by atoms with E-state index in [4.69, 9.17) is 21.1 Å². The number of carbonyl (C=O) groups excluding carboxylic acids is 1. The van der Waals surface area contributed by atoms with Crippen LogP contribution in [0.2, 0.25) is 5.02 Å². The first kappa shape index (κ1) is 28.9. The van der Waals surface area contributed by atoms with Gasteiger partial charge >= 0.3 is 0 Å². The molecule has 7 heteroatoms. The molecule has 5 rings (SSSR count). The molecule has 0 aromatic heterocycles. The van der Waals surface area contributed by atoms with Gasteiger partial charge in [-0.3, -0.25) is 4.79 Å². The standard InChI is InChI=1S/C35H26BrClN2O3/c1-23-6-9-25-4-2-3-5-32(25)33(23)22-42-34-17-12-29(37)19-26(34)18-27(20-38)35(40)39-30-13-15-31(16-14-30)41-21-24-7-10-28(36)11-8-24/h2-19H,21-22H2,1H3,(H,39,40)/b27-18+. The highest BCUT2D eigenvalue weighted by molar-refractivity contribution is 9.10. The van der Waals surface area contributed by atoms with Crippen LogP contribution in [-0.4, -0.2) is 5.91 Å². The SMILES string of the molecule is Cc1ccc2ccccc2c1COc1ccc(Cl)cc1/C=C(\C#N)C(=O)Nc1ccc(OCc2ccc(Br)cc2)cc1. The number of ether oxygens (including phenoxy) is 2. The summed E-state index contributed by atoms with van der Waals surface area (Å²) in [5.74, 6) is 0.630. The Morgan fingerprint density at radius 2 is 1.69 bits per heavy atom. The predicted octanol–water partition coefficient (Wildman–Crippen LogP) is 9.27. The molecule has 0 bridgehead atoms. The van der Waals surface area contributed by atoms with Crippen LogP contribution in [0.5, 0.6) is 11.5 Å². The van der Waals surface area contributed by atoms with Crippen molar-refractivity contribution < 1.29 is 14.3 Å². The monoisotopic (exact) mass is 636 g/mol. The number of carbonyl (C=O) groups is 1. The van der Waals surface area contributed by atoms with E-state index in [1.807, 2.05) is 49.4 Å². The lowest BCUT2D eigenvalue weighted by Crippen LogP contribution is -2.13. The molecule has 0 fully saturated rings. The van der Waals surface area contributed by atoms with Crippen LogP contribution in [0.25, 0.3) is 16.8 Å². The summed E-state index contributed by atoms with van der Waals surface area (Å²) in [6.07, 6.45) is 1.49. The van der Waals surface area contributed by atoms with Crippen LogP contribution in [0.15, 0.2) is 113 Å². The van der Waals surface area contributed by atoms with Crippen molar-refractivity contribution in [3.63, 3.8) is 0 Å². The molecule has 0 saturated heterocycles. The van der Waals surface area contributed by atoms with E-state index in [2.05, 4.69) is 45.5 Å². The minimum atomic E-state index is -0.545. The van der Waals surface area contributed by atoms with E-state index in [1.54, 1.807) is 42.5 Å².